The Hall–Kier alpha value is -1.77. The van der Waals surface area contributed by atoms with Crippen molar-refractivity contribution in [2.75, 3.05) is 6.54 Å². The topological polar surface area (TPSA) is 44.9 Å². The van der Waals surface area contributed by atoms with Gasteiger partial charge in [-0.2, -0.15) is 0 Å². The number of H-pyrrole nitrogens is 1. The Morgan fingerprint density at radius 1 is 1.24 bits per heavy atom. The molecule has 21 heavy (non-hydrogen) atoms. The molecule has 0 radical (unpaired) electrons. The van der Waals surface area contributed by atoms with Gasteiger partial charge in [0.25, 0.3) is 5.91 Å². The molecule has 2 aromatic rings. The van der Waals surface area contributed by atoms with Crippen LogP contribution in [0.4, 0.5) is 0 Å². The van der Waals surface area contributed by atoms with Crippen LogP contribution in [0.1, 0.15) is 54.7 Å². The van der Waals surface area contributed by atoms with Gasteiger partial charge in [-0.15, -0.1) is 0 Å². The van der Waals surface area contributed by atoms with E-state index in [1.54, 1.807) is 0 Å². The van der Waals surface area contributed by atoms with Crippen LogP contribution in [-0.4, -0.2) is 17.4 Å². The van der Waals surface area contributed by atoms with E-state index in [0.29, 0.717) is 0 Å². The van der Waals surface area contributed by atoms with Gasteiger partial charge in [0.15, 0.2) is 0 Å². The minimum absolute atomic E-state index is 0.0275. The number of aromatic amines is 1. The highest BCUT2D eigenvalue weighted by atomic mass is 16.1. The lowest BCUT2D eigenvalue weighted by molar-refractivity contribution is 0.0953. The average Bonchev–Trinajstić information content (AvgIpc) is 2.73. The molecular formula is C18H26N2O. The summed E-state index contributed by atoms with van der Waals surface area (Å²) >= 11 is 0. The van der Waals surface area contributed by atoms with Crippen molar-refractivity contribution in [2.24, 2.45) is 5.92 Å². The number of carbonyl (C=O) groups excluding carboxylic acids is 1. The third-order valence-electron chi connectivity index (χ3n) is 4.06. The minimum atomic E-state index is 0.0275. The second kappa shape index (κ2) is 6.79. The second-order valence-corrected chi connectivity index (χ2v) is 6.28. The highest BCUT2D eigenvalue weighted by Crippen LogP contribution is 2.22. The molecular weight excluding hydrogens is 260 g/mol. The van der Waals surface area contributed by atoms with Crippen LogP contribution in [0.15, 0.2) is 18.2 Å². The van der Waals surface area contributed by atoms with Gasteiger partial charge in [-0.1, -0.05) is 26.7 Å². The van der Waals surface area contributed by atoms with Gasteiger partial charge in [0.2, 0.25) is 0 Å². The first-order valence-corrected chi connectivity index (χ1v) is 7.86. The summed E-state index contributed by atoms with van der Waals surface area (Å²) in [6.07, 6.45) is 3.45. The summed E-state index contributed by atoms with van der Waals surface area (Å²) in [4.78, 5) is 15.5. The van der Waals surface area contributed by atoms with E-state index in [-0.39, 0.29) is 5.91 Å². The SMILES string of the molecule is Cc1[nH]c2ccc(C(=O)NCCCCC(C)C)cc2c1C. The van der Waals surface area contributed by atoms with Crippen molar-refractivity contribution in [1.82, 2.24) is 10.3 Å². The molecule has 1 amide bonds. The third kappa shape index (κ3) is 3.87. The Morgan fingerprint density at radius 3 is 2.71 bits per heavy atom. The number of nitrogens with one attached hydrogen (secondary N) is 2. The van der Waals surface area contributed by atoms with E-state index >= 15 is 0 Å². The number of rotatable bonds is 6. The quantitative estimate of drug-likeness (QED) is 0.762. The molecule has 0 aliphatic carbocycles. The molecule has 0 saturated heterocycles. The van der Waals surface area contributed by atoms with Crippen molar-refractivity contribution in [2.45, 2.75) is 47.0 Å². The zero-order valence-electron chi connectivity index (χ0n) is 13.5. The molecule has 114 valence electrons. The van der Waals surface area contributed by atoms with Crippen molar-refractivity contribution in [3.63, 3.8) is 0 Å². The molecule has 3 heteroatoms. The summed E-state index contributed by atoms with van der Waals surface area (Å²) < 4.78 is 0. The first kappa shape index (κ1) is 15.6. The normalized spacial score (nSPS) is 11.3. The summed E-state index contributed by atoms with van der Waals surface area (Å²) in [6, 6.07) is 5.86. The predicted molar refractivity (Wildman–Crippen MR) is 88.8 cm³/mol. The van der Waals surface area contributed by atoms with Crippen molar-refractivity contribution in [3.8, 4) is 0 Å². The fourth-order valence-electron chi connectivity index (χ4n) is 2.58. The number of aryl methyl sites for hydroxylation is 2. The summed E-state index contributed by atoms with van der Waals surface area (Å²) in [5, 5.41) is 4.15. The van der Waals surface area contributed by atoms with Crippen molar-refractivity contribution >= 4 is 16.8 Å². The molecule has 0 fully saturated rings. The van der Waals surface area contributed by atoms with E-state index in [1.165, 1.54) is 18.4 Å². The number of hydrogen-bond acceptors (Lipinski definition) is 1. The molecule has 0 aliphatic rings. The first-order chi connectivity index (χ1) is 9.99. The maximum atomic E-state index is 12.2. The zero-order chi connectivity index (χ0) is 15.4. The summed E-state index contributed by atoms with van der Waals surface area (Å²) in [5.74, 6) is 0.766. The Kier molecular flexibility index (Phi) is 5.05. The largest absolute Gasteiger partial charge is 0.358 e. The van der Waals surface area contributed by atoms with Crippen LogP contribution in [-0.2, 0) is 0 Å². The van der Waals surface area contributed by atoms with E-state index in [0.717, 1.165) is 41.0 Å². The summed E-state index contributed by atoms with van der Waals surface area (Å²) in [7, 11) is 0. The predicted octanol–water partition coefficient (Wildman–Crippen LogP) is 4.34. The van der Waals surface area contributed by atoms with E-state index in [1.807, 2.05) is 18.2 Å². The average molecular weight is 286 g/mol. The molecule has 2 rings (SSSR count). The number of carbonyl (C=O) groups is 1. The zero-order valence-corrected chi connectivity index (χ0v) is 13.5. The highest BCUT2D eigenvalue weighted by molar-refractivity contribution is 5.99. The third-order valence-corrected chi connectivity index (χ3v) is 4.06. The van der Waals surface area contributed by atoms with E-state index in [2.05, 4.69) is 38.0 Å². The molecule has 0 unspecified atom stereocenters. The summed E-state index contributed by atoms with van der Waals surface area (Å²) in [6.45, 7) is 9.37. The molecule has 3 nitrogen and oxygen atoms in total. The monoisotopic (exact) mass is 286 g/mol. The number of aromatic nitrogens is 1. The first-order valence-electron chi connectivity index (χ1n) is 7.86. The lowest BCUT2D eigenvalue weighted by Crippen LogP contribution is -2.24. The van der Waals surface area contributed by atoms with Crippen LogP contribution >= 0.6 is 0 Å². The fraction of sp³-hybridized carbons (Fsp3) is 0.500. The molecule has 2 N–H and O–H groups in total. The van der Waals surface area contributed by atoms with E-state index in [9.17, 15) is 4.79 Å². The lowest BCUT2D eigenvalue weighted by Gasteiger charge is -2.07. The molecule has 0 bridgehead atoms. The van der Waals surface area contributed by atoms with Crippen LogP contribution in [0, 0.1) is 19.8 Å². The molecule has 1 aromatic carbocycles. The van der Waals surface area contributed by atoms with E-state index < -0.39 is 0 Å². The summed E-state index contributed by atoms with van der Waals surface area (Å²) in [5.41, 5.74) is 4.22. The Bertz CT molecular complexity index is 625. The smallest absolute Gasteiger partial charge is 0.251 e. The Morgan fingerprint density at radius 2 is 2.00 bits per heavy atom. The van der Waals surface area contributed by atoms with Crippen LogP contribution in [0.2, 0.25) is 0 Å². The van der Waals surface area contributed by atoms with Crippen LogP contribution in [0.25, 0.3) is 10.9 Å². The number of unbranched alkanes of at least 4 members (excludes halogenated alkanes) is 1. The molecule has 0 aliphatic heterocycles. The lowest BCUT2D eigenvalue weighted by atomic mass is 10.1. The molecule has 1 heterocycles. The van der Waals surface area contributed by atoms with Gasteiger partial charge in [-0.05, 0) is 49.9 Å². The molecule has 0 saturated carbocycles. The van der Waals surface area contributed by atoms with Gasteiger partial charge in [-0.3, -0.25) is 4.79 Å². The Labute approximate surface area is 127 Å². The maximum absolute atomic E-state index is 12.2. The van der Waals surface area contributed by atoms with Crippen molar-refractivity contribution < 1.29 is 4.79 Å². The standard InChI is InChI=1S/C18H26N2O/c1-12(2)7-5-6-10-19-18(21)15-8-9-17-16(11-15)13(3)14(4)20-17/h8-9,11-12,20H,5-7,10H2,1-4H3,(H,19,21). The number of benzene rings is 1. The van der Waals surface area contributed by atoms with Gasteiger partial charge < -0.3 is 10.3 Å². The number of fused-ring (bicyclic) bond motifs is 1. The molecule has 0 spiro atoms. The van der Waals surface area contributed by atoms with Crippen molar-refractivity contribution in [1.29, 1.82) is 0 Å². The number of hydrogen-bond donors (Lipinski definition) is 2. The second-order valence-electron chi connectivity index (χ2n) is 6.28. The molecule has 1 aromatic heterocycles. The van der Waals surface area contributed by atoms with Crippen LogP contribution in [0.3, 0.4) is 0 Å². The van der Waals surface area contributed by atoms with Crippen LogP contribution in [0.5, 0.6) is 0 Å². The number of amides is 1. The van der Waals surface area contributed by atoms with Crippen LogP contribution < -0.4 is 5.32 Å². The molecule has 0 atom stereocenters. The van der Waals surface area contributed by atoms with Gasteiger partial charge in [-0.25, -0.2) is 0 Å². The van der Waals surface area contributed by atoms with Gasteiger partial charge >= 0.3 is 0 Å². The van der Waals surface area contributed by atoms with E-state index in [4.69, 9.17) is 0 Å². The van der Waals surface area contributed by atoms with Gasteiger partial charge in [0, 0.05) is 28.7 Å². The highest BCUT2D eigenvalue weighted by Gasteiger charge is 2.09. The van der Waals surface area contributed by atoms with Gasteiger partial charge in [0.1, 0.15) is 0 Å². The Balaban J connectivity index is 1.95. The minimum Gasteiger partial charge on any atom is -0.358 e. The fourth-order valence-corrected chi connectivity index (χ4v) is 2.58. The van der Waals surface area contributed by atoms with Gasteiger partial charge in [0.05, 0.1) is 0 Å². The van der Waals surface area contributed by atoms with Crippen molar-refractivity contribution in [3.05, 3.63) is 35.0 Å². The maximum Gasteiger partial charge on any atom is 0.251 e.